The van der Waals surface area contributed by atoms with Crippen LogP contribution in [0.5, 0.6) is 0 Å². The molecule has 0 saturated carbocycles. The zero-order chi connectivity index (χ0) is 19.3. The molecule has 3 saturated heterocycles. The summed E-state index contributed by atoms with van der Waals surface area (Å²) in [6, 6.07) is 1.83. The Bertz CT molecular complexity index is 871. The number of aliphatic hydroxyl groups is 1. The number of carbonyl (C=O) groups is 2. The van der Waals surface area contributed by atoms with Gasteiger partial charge in [-0.1, -0.05) is 0 Å². The number of hydrogen-bond acceptors (Lipinski definition) is 6. The van der Waals surface area contributed by atoms with Crippen LogP contribution in [0.15, 0.2) is 35.5 Å². The van der Waals surface area contributed by atoms with E-state index in [0.29, 0.717) is 31.7 Å². The number of aliphatic hydroxyl groups excluding tert-OH is 1. The smallest absolute Gasteiger partial charge is 0.254 e. The fourth-order valence-corrected chi connectivity index (χ4v) is 5.61. The van der Waals surface area contributed by atoms with E-state index in [-0.39, 0.29) is 42.9 Å². The zero-order valence-corrected chi connectivity index (χ0v) is 16.1. The summed E-state index contributed by atoms with van der Waals surface area (Å²) >= 11 is 1.50. The number of nitrogens with zero attached hydrogens (tertiary/aromatic N) is 4. The zero-order valence-electron chi connectivity index (χ0n) is 15.3. The molecule has 148 valence electrons. The van der Waals surface area contributed by atoms with Gasteiger partial charge in [0.15, 0.2) is 0 Å². The number of ether oxygens (including phenoxy) is 1. The van der Waals surface area contributed by atoms with Crippen LogP contribution in [0.2, 0.25) is 0 Å². The Kier molecular flexibility index (Phi) is 4.26. The topological polar surface area (TPSA) is 87.9 Å². The SMILES string of the molecule is O=C(Cn1ccnc1)N1C[C@@H]2[C@H](CO)[C@H]3CN(C(=O)c4ccsc4)C[C@]2(C1)O3. The normalized spacial score (nSPS) is 31.2. The quantitative estimate of drug-likeness (QED) is 0.795. The van der Waals surface area contributed by atoms with Crippen molar-refractivity contribution in [2.75, 3.05) is 32.8 Å². The molecule has 4 atom stereocenters. The number of aromatic nitrogens is 2. The minimum atomic E-state index is -0.591. The van der Waals surface area contributed by atoms with Crippen LogP contribution in [0.4, 0.5) is 0 Å². The van der Waals surface area contributed by atoms with Gasteiger partial charge in [0.25, 0.3) is 5.91 Å². The molecule has 3 fully saturated rings. The van der Waals surface area contributed by atoms with Crippen LogP contribution in [-0.4, -0.2) is 80.8 Å². The van der Waals surface area contributed by atoms with E-state index in [1.54, 1.807) is 23.3 Å². The van der Waals surface area contributed by atoms with Gasteiger partial charge in [-0.2, -0.15) is 11.3 Å². The lowest BCUT2D eigenvalue weighted by Crippen LogP contribution is -2.56. The summed E-state index contributed by atoms with van der Waals surface area (Å²) in [5.74, 6) is -0.0322. The number of likely N-dealkylation sites (tertiary alicyclic amines) is 2. The van der Waals surface area contributed by atoms with Gasteiger partial charge in [0, 0.05) is 49.3 Å². The molecular weight excluding hydrogens is 380 g/mol. The molecule has 5 heterocycles. The van der Waals surface area contributed by atoms with Gasteiger partial charge in [0.05, 0.1) is 31.1 Å². The summed E-state index contributed by atoms with van der Waals surface area (Å²) < 4.78 is 8.11. The molecule has 2 amide bonds. The number of amides is 2. The Morgan fingerprint density at radius 2 is 2.18 bits per heavy atom. The second-order valence-electron chi connectivity index (χ2n) is 7.88. The lowest BCUT2D eigenvalue weighted by molar-refractivity contribution is -0.137. The van der Waals surface area contributed by atoms with Crippen LogP contribution in [0.3, 0.4) is 0 Å². The number of thiophene rings is 1. The Balaban J connectivity index is 1.37. The van der Waals surface area contributed by atoms with Crippen LogP contribution in [0, 0.1) is 11.8 Å². The molecule has 0 radical (unpaired) electrons. The van der Waals surface area contributed by atoms with E-state index in [1.807, 2.05) is 26.6 Å². The van der Waals surface area contributed by atoms with Gasteiger partial charge in [-0.3, -0.25) is 9.59 Å². The van der Waals surface area contributed by atoms with Gasteiger partial charge >= 0.3 is 0 Å². The van der Waals surface area contributed by atoms with Crippen molar-refractivity contribution in [3.63, 3.8) is 0 Å². The second kappa shape index (κ2) is 6.68. The van der Waals surface area contributed by atoms with Gasteiger partial charge in [0.1, 0.15) is 12.1 Å². The molecule has 5 rings (SSSR count). The van der Waals surface area contributed by atoms with Crippen molar-refractivity contribution in [3.05, 3.63) is 41.1 Å². The van der Waals surface area contributed by atoms with Crippen molar-refractivity contribution in [1.29, 1.82) is 0 Å². The van der Waals surface area contributed by atoms with Gasteiger partial charge in [0.2, 0.25) is 5.91 Å². The van der Waals surface area contributed by atoms with Gasteiger partial charge in [-0.05, 0) is 11.4 Å². The number of morpholine rings is 1. The molecule has 3 aliphatic rings. The monoisotopic (exact) mass is 402 g/mol. The van der Waals surface area contributed by atoms with Crippen molar-refractivity contribution < 1.29 is 19.4 Å². The molecule has 9 heteroatoms. The first-order valence-electron chi connectivity index (χ1n) is 9.43. The van der Waals surface area contributed by atoms with Crippen molar-refractivity contribution in [1.82, 2.24) is 19.4 Å². The van der Waals surface area contributed by atoms with E-state index < -0.39 is 5.60 Å². The number of rotatable bonds is 4. The van der Waals surface area contributed by atoms with Gasteiger partial charge in [-0.25, -0.2) is 4.98 Å². The van der Waals surface area contributed by atoms with Crippen molar-refractivity contribution in [2.24, 2.45) is 11.8 Å². The third-order valence-corrected chi connectivity index (χ3v) is 6.97. The van der Waals surface area contributed by atoms with Crippen molar-refractivity contribution >= 4 is 23.2 Å². The molecule has 1 N–H and O–H groups in total. The number of hydrogen-bond donors (Lipinski definition) is 1. The average Bonchev–Trinajstić information content (AvgIpc) is 3.45. The third-order valence-electron chi connectivity index (χ3n) is 6.29. The first-order chi connectivity index (χ1) is 13.6. The molecule has 1 spiro atoms. The summed E-state index contributed by atoms with van der Waals surface area (Å²) in [7, 11) is 0. The van der Waals surface area contributed by atoms with Crippen LogP contribution in [-0.2, 0) is 16.1 Å². The first-order valence-corrected chi connectivity index (χ1v) is 10.4. The highest BCUT2D eigenvalue weighted by Crippen LogP contribution is 2.49. The second-order valence-corrected chi connectivity index (χ2v) is 8.66. The van der Waals surface area contributed by atoms with E-state index >= 15 is 0 Å². The molecule has 2 aromatic rings. The Morgan fingerprint density at radius 1 is 1.32 bits per heavy atom. The maximum absolute atomic E-state index is 12.9. The number of imidazole rings is 1. The number of carbonyl (C=O) groups excluding carboxylic acids is 2. The lowest BCUT2D eigenvalue weighted by Gasteiger charge is -2.40. The maximum Gasteiger partial charge on any atom is 0.254 e. The Hall–Kier alpha value is -2.23. The lowest BCUT2D eigenvalue weighted by atomic mass is 9.83. The van der Waals surface area contributed by atoms with E-state index in [1.165, 1.54) is 11.3 Å². The highest BCUT2D eigenvalue weighted by Gasteiger charge is 2.63. The molecule has 28 heavy (non-hydrogen) atoms. The molecule has 8 nitrogen and oxygen atoms in total. The fourth-order valence-electron chi connectivity index (χ4n) is 4.98. The van der Waals surface area contributed by atoms with Crippen LogP contribution >= 0.6 is 11.3 Å². The van der Waals surface area contributed by atoms with E-state index in [4.69, 9.17) is 4.74 Å². The van der Waals surface area contributed by atoms with Crippen LogP contribution in [0.25, 0.3) is 0 Å². The predicted molar refractivity (Wildman–Crippen MR) is 101 cm³/mol. The van der Waals surface area contributed by atoms with Crippen molar-refractivity contribution in [2.45, 2.75) is 18.2 Å². The molecule has 0 unspecified atom stereocenters. The molecular formula is C19H22N4O4S. The summed E-state index contributed by atoms with van der Waals surface area (Å²) in [4.78, 5) is 33.3. The van der Waals surface area contributed by atoms with Crippen LogP contribution in [0.1, 0.15) is 10.4 Å². The van der Waals surface area contributed by atoms with E-state index in [9.17, 15) is 14.7 Å². The highest BCUT2D eigenvalue weighted by molar-refractivity contribution is 7.08. The molecule has 2 aromatic heterocycles. The van der Waals surface area contributed by atoms with Crippen molar-refractivity contribution in [3.8, 4) is 0 Å². The predicted octanol–water partition coefficient (Wildman–Crippen LogP) is 0.305. The van der Waals surface area contributed by atoms with E-state index in [2.05, 4.69) is 4.98 Å². The summed E-state index contributed by atoms with van der Waals surface area (Å²) in [5.41, 5.74) is 0.0953. The van der Waals surface area contributed by atoms with Gasteiger partial charge in [-0.15, -0.1) is 0 Å². The summed E-state index contributed by atoms with van der Waals surface area (Å²) in [6.45, 7) is 2.17. The minimum Gasteiger partial charge on any atom is -0.396 e. The summed E-state index contributed by atoms with van der Waals surface area (Å²) in [5, 5.41) is 13.8. The van der Waals surface area contributed by atoms with Crippen LogP contribution < -0.4 is 0 Å². The fraction of sp³-hybridized carbons (Fsp3) is 0.526. The molecule has 2 bridgehead atoms. The number of fused-ring (bicyclic) bond motifs is 1. The standard InChI is InChI=1S/C19H22N4O4S/c24-8-14-15-5-22(17(25)7-21-3-2-20-12-21)10-19(15)11-23(6-16(14)27-19)18(26)13-1-4-28-9-13/h1-4,9,12,14-16,24H,5-8,10-11H2/t14-,15+,16+,19-/m0/s1. The molecule has 0 aliphatic carbocycles. The molecule has 3 aliphatic heterocycles. The summed E-state index contributed by atoms with van der Waals surface area (Å²) in [6.07, 6.45) is 4.85. The largest absolute Gasteiger partial charge is 0.396 e. The third kappa shape index (κ3) is 2.76. The average molecular weight is 402 g/mol. The Labute approximate surface area is 166 Å². The Morgan fingerprint density at radius 3 is 2.89 bits per heavy atom. The minimum absolute atomic E-state index is 0.0000932. The maximum atomic E-state index is 12.9. The molecule has 0 aromatic carbocycles. The first kappa shape index (κ1) is 17.8. The van der Waals surface area contributed by atoms with E-state index in [0.717, 1.165) is 0 Å². The highest BCUT2D eigenvalue weighted by atomic mass is 32.1. The van der Waals surface area contributed by atoms with Gasteiger partial charge < -0.3 is 24.2 Å².